The largest absolute Gasteiger partial charge is 0.481 e. The lowest BCUT2D eigenvalue weighted by Crippen LogP contribution is -2.22. The van der Waals surface area contributed by atoms with Crippen LogP contribution in [0.2, 0.25) is 0 Å². The zero-order valence-electron chi connectivity index (χ0n) is 20.7. The summed E-state index contributed by atoms with van der Waals surface area (Å²) in [5.74, 6) is -2.45. The summed E-state index contributed by atoms with van der Waals surface area (Å²) < 4.78 is 6.68. The van der Waals surface area contributed by atoms with Gasteiger partial charge in [0.2, 0.25) is 0 Å². The Morgan fingerprint density at radius 3 is 2.25 bits per heavy atom. The van der Waals surface area contributed by atoms with Crippen molar-refractivity contribution in [1.82, 2.24) is 4.98 Å². The molecular formula is C30H29NO4S. The summed E-state index contributed by atoms with van der Waals surface area (Å²) in [7, 11) is 0. The summed E-state index contributed by atoms with van der Waals surface area (Å²) in [5.41, 5.74) is 6.65. The van der Waals surface area contributed by atoms with Gasteiger partial charge in [-0.1, -0.05) is 75.4 Å². The van der Waals surface area contributed by atoms with Gasteiger partial charge in [0.25, 0.3) is 0 Å². The van der Waals surface area contributed by atoms with Gasteiger partial charge in [0, 0.05) is 12.3 Å². The van der Waals surface area contributed by atoms with Crippen molar-refractivity contribution in [3.63, 3.8) is 0 Å². The number of thiazole rings is 1. The van der Waals surface area contributed by atoms with E-state index in [1.54, 1.807) is 0 Å². The van der Waals surface area contributed by atoms with Crippen molar-refractivity contribution in [3.8, 4) is 11.1 Å². The van der Waals surface area contributed by atoms with Crippen molar-refractivity contribution in [3.05, 3.63) is 88.4 Å². The van der Waals surface area contributed by atoms with E-state index in [2.05, 4.69) is 62.2 Å². The normalized spacial score (nSPS) is 13.9. The van der Waals surface area contributed by atoms with Gasteiger partial charge in [-0.05, 0) is 45.4 Å². The lowest BCUT2D eigenvalue weighted by atomic mass is 9.87. The monoisotopic (exact) mass is 499 g/mol. The highest BCUT2D eigenvalue weighted by Crippen LogP contribution is 2.44. The van der Waals surface area contributed by atoms with Crippen LogP contribution in [0.25, 0.3) is 21.3 Å². The van der Waals surface area contributed by atoms with Crippen LogP contribution in [0.15, 0.2) is 66.7 Å². The van der Waals surface area contributed by atoms with Gasteiger partial charge in [-0.3, -0.25) is 9.59 Å². The van der Waals surface area contributed by atoms with Crippen LogP contribution in [0.5, 0.6) is 0 Å². The fourth-order valence-corrected chi connectivity index (χ4v) is 5.95. The third-order valence-corrected chi connectivity index (χ3v) is 7.90. The van der Waals surface area contributed by atoms with Crippen LogP contribution in [0.3, 0.4) is 0 Å². The molecule has 36 heavy (non-hydrogen) atoms. The molecule has 0 spiro atoms. The number of rotatable bonds is 7. The number of aromatic nitrogens is 1. The van der Waals surface area contributed by atoms with Gasteiger partial charge in [-0.25, -0.2) is 4.98 Å². The van der Waals surface area contributed by atoms with Crippen molar-refractivity contribution >= 4 is 33.5 Å². The second-order valence-electron chi connectivity index (χ2n) is 10.4. The van der Waals surface area contributed by atoms with Crippen molar-refractivity contribution in [2.45, 2.75) is 44.9 Å². The molecule has 1 aliphatic carbocycles. The second kappa shape index (κ2) is 9.51. The number of benzene rings is 3. The molecule has 1 heterocycles. The van der Waals surface area contributed by atoms with E-state index in [0.29, 0.717) is 0 Å². The predicted molar refractivity (Wildman–Crippen MR) is 142 cm³/mol. The minimum absolute atomic E-state index is 0.0199. The molecule has 0 aliphatic heterocycles. The van der Waals surface area contributed by atoms with Crippen LogP contribution in [0.4, 0.5) is 0 Å². The maximum Gasteiger partial charge on any atom is 0.307 e. The van der Waals surface area contributed by atoms with Crippen LogP contribution in [-0.4, -0.2) is 28.6 Å². The van der Waals surface area contributed by atoms with Gasteiger partial charge in [0.15, 0.2) is 0 Å². The number of ether oxygens (including phenoxy) is 1. The maximum atomic E-state index is 12.8. The molecule has 1 atom stereocenters. The van der Waals surface area contributed by atoms with Gasteiger partial charge in [-0.15, -0.1) is 11.3 Å². The van der Waals surface area contributed by atoms with Gasteiger partial charge in [0.05, 0.1) is 27.6 Å². The molecule has 1 aliphatic rings. The third-order valence-electron chi connectivity index (χ3n) is 6.86. The molecule has 0 saturated carbocycles. The van der Waals surface area contributed by atoms with E-state index in [9.17, 15) is 14.7 Å². The van der Waals surface area contributed by atoms with Gasteiger partial charge in [-0.2, -0.15) is 0 Å². The fraction of sp³-hybridized carbons (Fsp3) is 0.300. The number of fused-ring (bicyclic) bond motifs is 4. The molecule has 0 bridgehead atoms. The fourth-order valence-electron chi connectivity index (χ4n) is 4.86. The van der Waals surface area contributed by atoms with Crippen LogP contribution < -0.4 is 0 Å². The molecule has 184 valence electrons. The first kappa shape index (κ1) is 24.2. The molecule has 3 aromatic carbocycles. The van der Waals surface area contributed by atoms with Crippen molar-refractivity contribution < 1.29 is 19.4 Å². The number of esters is 1. The molecule has 4 aromatic rings. The number of hydrogen-bond donors (Lipinski definition) is 1. The van der Waals surface area contributed by atoms with E-state index in [0.717, 1.165) is 37.5 Å². The van der Waals surface area contributed by atoms with E-state index in [-0.39, 0.29) is 30.8 Å². The van der Waals surface area contributed by atoms with Crippen LogP contribution >= 0.6 is 11.3 Å². The van der Waals surface area contributed by atoms with E-state index >= 15 is 0 Å². The SMILES string of the molecule is CC(C)(C)c1ccc2nc(C[C@H](CC(=O)OCC3c4ccccc4-c4ccccc43)C(=O)O)sc2c1. The molecular weight excluding hydrogens is 470 g/mol. The first-order valence-electron chi connectivity index (χ1n) is 12.2. The first-order chi connectivity index (χ1) is 17.2. The minimum atomic E-state index is -1.02. The summed E-state index contributed by atoms with van der Waals surface area (Å²) in [6.45, 7) is 6.66. The molecule has 0 fully saturated rings. The van der Waals surface area contributed by atoms with E-state index < -0.39 is 17.9 Å². The number of carboxylic acids is 1. The highest BCUT2D eigenvalue weighted by Gasteiger charge is 2.30. The van der Waals surface area contributed by atoms with Crippen LogP contribution in [-0.2, 0) is 26.2 Å². The highest BCUT2D eigenvalue weighted by atomic mass is 32.1. The topological polar surface area (TPSA) is 76.5 Å². The quantitative estimate of drug-likeness (QED) is 0.291. The Labute approximate surface area is 214 Å². The van der Waals surface area contributed by atoms with Gasteiger partial charge in [0.1, 0.15) is 6.61 Å². The van der Waals surface area contributed by atoms with Crippen LogP contribution in [0, 0.1) is 5.92 Å². The number of carboxylic acid groups (broad SMARTS) is 1. The third kappa shape index (κ3) is 4.78. The molecule has 1 N–H and O–H groups in total. The number of aliphatic carboxylic acids is 1. The zero-order valence-corrected chi connectivity index (χ0v) is 21.5. The average Bonchev–Trinajstić information content (AvgIpc) is 3.39. The summed E-state index contributed by atoms with van der Waals surface area (Å²) in [5, 5.41) is 10.5. The molecule has 0 amide bonds. The van der Waals surface area contributed by atoms with Crippen LogP contribution in [0.1, 0.15) is 54.8 Å². The molecule has 0 unspecified atom stereocenters. The summed E-state index contributed by atoms with van der Waals surface area (Å²) in [4.78, 5) is 29.4. The summed E-state index contributed by atoms with van der Waals surface area (Å²) in [6, 6.07) is 22.5. The van der Waals surface area contributed by atoms with E-state index in [1.165, 1.54) is 16.9 Å². The van der Waals surface area contributed by atoms with Crippen molar-refractivity contribution in [1.29, 1.82) is 0 Å². The smallest absolute Gasteiger partial charge is 0.307 e. The number of nitrogens with zero attached hydrogens (tertiary/aromatic N) is 1. The number of hydrogen-bond acceptors (Lipinski definition) is 5. The Balaban J connectivity index is 1.27. The molecule has 5 nitrogen and oxygen atoms in total. The highest BCUT2D eigenvalue weighted by molar-refractivity contribution is 7.18. The molecule has 0 radical (unpaired) electrons. The Morgan fingerprint density at radius 2 is 1.64 bits per heavy atom. The van der Waals surface area contributed by atoms with Crippen molar-refractivity contribution in [2.24, 2.45) is 5.92 Å². The standard InChI is InChI=1S/C30H29NO4S/c1-30(2,3)19-12-13-25-26(16-19)36-27(31-25)14-18(29(33)34)15-28(32)35-17-24-22-10-6-4-8-20(22)21-9-5-7-11-23(21)24/h4-13,16,18,24H,14-15,17H2,1-3H3,(H,33,34)/t18-/m1/s1. The average molecular weight is 500 g/mol. The van der Waals surface area contributed by atoms with Gasteiger partial charge < -0.3 is 9.84 Å². The Bertz CT molecular complexity index is 1400. The zero-order chi connectivity index (χ0) is 25.4. The Kier molecular flexibility index (Phi) is 6.39. The Morgan fingerprint density at radius 1 is 1.00 bits per heavy atom. The number of carbonyl (C=O) groups is 2. The maximum absolute atomic E-state index is 12.8. The summed E-state index contributed by atoms with van der Waals surface area (Å²) in [6.07, 6.45) is 0.0121. The first-order valence-corrected chi connectivity index (χ1v) is 13.0. The van der Waals surface area contributed by atoms with E-state index in [4.69, 9.17) is 4.74 Å². The summed E-state index contributed by atoms with van der Waals surface area (Å²) >= 11 is 1.49. The predicted octanol–water partition coefficient (Wildman–Crippen LogP) is 6.58. The molecule has 6 heteroatoms. The second-order valence-corrected chi connectivity index (χ2v) is 11.5. The lowest BCUT2D eigenvalue weighted by Gasteiger charge is -2.18. The minimum Gasteiger partial charge on any atom is -0.481 e. The van der Waals surface area contributed by atoms with Gasteiger partial charge >= 0.3 is 11.9 Å². The Hall–Kier alpha value is -3.51. The molecule has 0 saturated heterocycles. The lowest BCUT2D eigenvalue weighted by molar-refractivity contribution is -0.151. The van der Waals surface area contributed by atoms with E-state index in [1.807, 2.05) is 30.3 Å². The number of carbonyl (C=O) groups excluding carboxylic acids is 1. The molecule has 5 rings (SSSR count). The van der Waals surface area contributed by atoms with Crippen molar-refractivity contribution in [2.75, 3.05) is 6.61 Å². The molecule has 1 aromatic heterocycles.